The van der Waals surface area contributed by atoms with E-state index in [1.165, 1.54) is 0 Å². The molecule has 1 N–H and O–H groups in total. The lowest BCUT2D eigenvalue weighted by atomic mass is 10.1. The first kappa shape index (κ1) is 11.9. The smallest absolute Gasteiger partial charge is 0.260 e. The monoisotopic (exact) mass is 240 g/mol. The standard InChI is InChI=1S/C11H16N2O4/c1-8-5-10(12-17-8)16-7-11(15)13-4-2-3-9(14)6-13/h5,9,14H,2-4,6-7H2,1H3/t9-/m0/s1. The quantitative estimate of drug-likeness (QED) is 0.824. The highest BCUT2D eigenvalue weighted by Gasteiger charge is 2.22. The SMILES string of the molecule is Cc1cc(OCC(=O)N2CCC[C@H](O)C2)no1. The molecule has 1 atom stereocenters. The van der Waals surface area contributed by atoms with Gasteiger partial charge in [-0.3, -0.25) is 4.79 Å². The molecule has 1 saturated heterocycles. The largest absolute Gasteiger partial charge is 0.465 e. The van der Waals surface area contributed by atoms with Crippen molar-refractivity contribution in [2.75, 3.05) is 19.7 Å². The zero-order chi connectivity index (χ0) is 12.3. The Morgan fingerprint density at radius 1 is 1.76 bits per heavy atom. The zero-order valence-electron chi connectivity index (χ0n) is 9.76. The van der Waals surface area contributed by atoms with Crippen molar-refractivity contribution in [3.05, 3.63) is 11.8 Å². The van der Waals surface area contributed by atoms with E-state index in [2.05, 4.69) is 5.16 Å². The first-order chi connectivity index (χ1) is 8.15. The molecule has 6 heteroatoms. The van der Waals surface area contributed by atoms with Gasteiger partial charge < -0.3 is 19.3 Å². The second-order valence-corrected chi connectivity index (χ2v) is 4.20. The predicted octanol–water partition coefficient (Wildman–Crippen LogP) is 0.345. The molecule has 17 heavy (non-hydrogen) atoms. The molecule has 0 bridgehead atoms. The normalized spacial score (nSPS) is 20.4. The summed E-state index contributed by atoms with van der Waals surface area (Å²) in [5.41, 5.74) is 0. The number of likely N-dealkylation sites (tertiary alicyclic amines) is 1. The van der Waals surface area contributed by atoms with Crippen molar-refractivity contribution in [1.29, 1.82) is 0 Å². The van der Waals surface area contributed by atoms with Crippen LogP contribution in [0.2, 0.25) is 0 Å². The molecule has 1 aliphatic rings. The molecule has 0 aliphatic carbocycles. The van der Waals surface area contributed by atoms with E-state index in [9.17, 15) is 9.90 Å². The molecule has 1 fully saturated rings. The number of β-amino-alcohol motifs (C(OH)–C–C–N with tert-alkyl or cyclic N) is 1. The molecule has 2 rings (SSSR count). The van der Waals surface area contributed by atoms with Crippen LogP contribution < -0.4 is 4.74 Å². The lowest BCUT2D eigenvalue weighted by Gasteiger charge is -2.29. The number of amides is 1. The summed E-state index contributed by atoms with van der Waals surface area (Å²) >= 11 is 0. The molecule has 0 spiro atoms. The van der Waals surface area contributed by atoms with Crippen LogP contribution in [0, 0.1) is 6.92 Å². The maximum Gasteiger partial charge on any atom is 0.260 e. The van der Waals surface area contributed by atoms with Crippen LogP contribution in [0.1, 0.15) is 18.6 Å². The number of hydrogen-bond acceptors (Lipinski definition) is 5. The molecule has 0 unspecified atom stereocenters. The third-order valence-electron chi connectivity index (χ3n) is 2.70. The van der Waals surface area contributed by atoms with Crippen LogP contribution in [0.3, 0.4) is 0 Å². The number of nitrogens with zero attached hydrogens (tertiary/aromatic N) is 2. The number of carbonyl (C=O) groups excluding carboxylic acids is 1. The Labute approximate surface area is 99.1 Å². The third kappa shape index (κ3) is 3.20. The first-order valence-electron chi connectivity index (χ1n) is 5.67. The number of aliphatic hydroxyl groups is 1. The maximum atomic E-state index is 11.8. The zero-order valence-corrected chi connectivity index (χ0v) is 9.76. The van der Waals surface area contributed by atoms with Crippen LogP contribution in [-0.4, -0.2) is 46.9 Å². The molecular weight excluding hydrogens is 224 g/mol. The minimum Gasteiger partial charge on any atom is -0.465 e. The Hall–Kier alpha value is -1.56. The molecule has 6 nitrogen and oxygen atoms in total. The van der Waals surface area contributed by atoms with Gasteiger partial charge in [-0.15, -0.1) is 0 Å². The molecule has 1 aromatic rings. The van der Waals surface area contributed by atoms with Crippen molar-refractivity contribution in [3.8, 4) is 5.88 Å². The summed E-state index contributed by atoms with van der Waals surface area (Å²) < 4.78 is 10.0. The van der Waals surface area contributed by atoms with E-state index in [-0.39, 0.29) is 12.5 Å². The molecule has 1 aliphatic heterocycles. The fourth-order valence-corrected chi connectivity index (χ4v) is 1.82. The summed E-state index contributed by atoms with van der Waals surface area (Å²) in [6, 6.07) is 1.62. The number of aliphatic hydroxyl groups excluding tert-OH is 1. The van der Waals surface area contributed by atoms with Crippen LogP contribution in [0.5, 0.6) is 5.88 Å². The third-order valence-corrected chi connectivity index (χ3v) is 2.70. The fourth-order valence-electron chi connectivity index (χ4n) is 1.82. The van der Waals surface area contributed by atoms with Crippen molar-refractivity contribution in [2.45, 2.75) is 25.9 Å². The van der Waals surface area contributed by atoms with Crippen LogP contribution >= 0.6 is 0 Å². The Morgan fingerprint density at radius 2 is 2.59 bits per heavy atom. The van der Waals surface area contributed by atoms with Crippen LogP contribution in [0.4, 0.5) is 0 Å². The lowest BCUT2D eigenvalue weighted by Crippen LogP contribution is -2.44. The van der Waals surface area contributed by atoms with Crippen LogP contribution in [0.15, 0.2) is 10.6 Å². The van der Waals surface area contributed by atoms with Gasteiger partial charge in [-0.1, -0.05) is 0 Å². The van der Waals surface area contributed by atoms with E-state index in [1.54, 1.807) is 17.9 Å². The molecule has 0 saturated carbocycles. The van der Waals surface area contributed by atoms with E-state index in [0.717, 1.165) is 12.8 Å². The fraction of sp³-hybridized carbons (Fsp3) is 0.636. The Morgan fingerprint density at radius 3 is 3.24 bits per heavy atom. The second kappa shape index (κ2) is 5.18. The lowest BCUT2D eigenvalue weighted by molar-refractivity contribution is -0.136. The average Bonchev–Trinajstić information content (AvgIpc) is 2.72. The topological polar surface area (TPSA) is 75.8 Å². The minimum atomic E-state index is -0.415. The summed E-state index contributed by atoms with van der Waals surface area (Å²) in [7, 11) is 0. The number of ether oxygens (including phenoxy) is 1. The van der Waals surface area contributed by atoms with Gasteiger partial charge in [0.15, 0.2) is 6.61 Å². The van der Waals surface area contributed by atoms with Gasteiger partial charge in [0.1, 0.15) is 5.76 Å². The summed E-state index contributed by atoms with van der Waals surface area (Å²) in [5, 5.41) is 13.1. The molecule has 2 heterocycles. The van der Waals surface area contributed by atoms with Gasteiger partial charge in [0.25, 0.3) is 11.8 Å². The maximum absolute atomic E-state index is 11.8. The van der Waals surface area contributed by atoms with Gasteiger partial charge in [0.2, 0.25) is 0 Å². The van der Waals surface area contributed by atoms with Crippen molar-refractivity contribution in [2.24, 2.45) is 0 Å². The number of hydrogen-bond donors (Lipinski definition) is 1. The van der Waals surface area contributed by atoms with Gasteiger partial charge >= 0.3 is 0 Å². The summed E-state index contributed by atoms with van der Waals surface area (Å²) in [6.45, 7) is 2.75. The van der Waals surface area contributed by atoms with Gasteiger partial charge in [-0.2, -0.15) is 0 Å². The number of aromatic nitrogens is 1. The van der Waals surface area contributed by atoms with Gasteiger partial charge in [0.05, 0.1) is 6.10 Å². The Kier molecular flexibility index (Phi) is 3.63. The van der Waals surface area contributed by atoms with Gasteiger partial charge in [-0.25, -0.2) is 0 Å². The Balaban J connectivity index is 1.80. The highest BCUT2D eigenvalue weighted by atomic mass is 16.5. The van der Waals surface area contributed by atoms with E-state index >= 15 is 0 Å². The van der Waals surface area contributed by atoms with E-state index in [4.69, 9.17) is 9.26 Å². The van der Waals surface area contributed by atoms with Crippen LogP contribution in [0.25, 0.3) is 0 Å². The van der Waals surface area contributed by atoms with Gasteiger partial charge in [-0.05, 0) is 24.9 Å². The molecule has 94 valence electrons. The molecule has 1 amide bonds. The average molecular weight is 240 g/mol. The summed E-state index contributed by atoms with van der Waals surface area (Å²) in [5.74, 6) is 0.818. The van der Waals surface area contributed by atoms with E-state index in [0.29, 0.717) is 24.7 Å². The molecule has 0 radical (unpaired) electrons. The Bertz CT molecular complexity index is 391. The highest BCUT2D eigenvalue weighted by Crippen LogP contribution is 2.12. The minimum absolute atomic E-state index is 0.0707. The van der Waals surface area contributed by atoms with Crippen molar-refractivity contribution in [3.63, 3.8) is 0 Å². The highest BCUT2D eigenvalue weighted by molar-refractivity contribution is 5.77. The number of rotatable bonds is 3. The number of piperidine rings is 1. The van der Waals surface area contributed by atoms with Crippen molar-refractivity contribution >= 4 is 5.91 Å². The first-order valence-corrected chi connectivity index (χ1v) is 5.67. The summed E-state index contributed by atoms with van der Waals surface area (Å²) in [6.07, 6.45) is 1.17. The van der Waals surface area contributed by atoms with Crippen molar-refractivity contribution in [1.82, 2.24) is 10.1 Å². The van der Waals surface area contributed by atoms with Gasteiger partial charge in [0, 0.05) is 19.2 Å². The second-order valence-electron chi connectivity index (χ2n) is 4.20. The molecule has 1 aromatic heterocycles. The summed E-state index contributed by atoms with van der Waals surface area (Å²) in [4.78, 5) is 13.4. The van der Waals surface area contributed by atoms with E-state index < -0.39 is 6.10 Å². The number of carbonyl (C=O) groups is 1. The van der Waals surface area contributed by atoms with E-state index in [1.807, 2.05) is 0 Å². The molecular formula is C11H16N2O4. The number of aryl methyl sites for hydroxylation is 1. The predicted molar refractivity (Wildman–Crippen MR) is 58.6 cm³/mol. The van der Waals surface area contributed by atoms with Crippen LogP contribution in [-0.2, 0) is 4.79 Å². The van der Waals surface area contributed by atoms with Crippen molar-refractivity contribution < 1.29 is 19.2 Å². The molecule has 0 aromatic carbocycles.